The lowest BCUT2D eigenvalue weighted by Gasteiger charge is -2.18. The Morgan fingerprint density at radius 3 is 2.67 bits per heavy atom. The van der Waals surface area contributed by atoms with E-state index >= 15 is 0 Å². The molecule has 2 saturated carbocycles. The molecule has 1 aliphatic heterocycles. The summed E-state index contributed by atoms with van der Waals surface area (Å²) in [6.45, 7) is 6.00. The van der Waals surface area contributed by atoms with Crippen LogP contribution < -0.4 is 14.9 Å². The molecule has 3 unspecified atom stereocenters. The number of ether oxygens (including phenoxy) is 1. The van der Waals surface area contributed by atoms with Gasteiger partial charge >= 0.3 is 0 Å². The van der Waals surface area contributed by atoms with Crippen molar-refractivity contribution in [3.63, 3.8) is 0 Å². The highest BCUT2D eigenvalue weighted by molar-refractivity contribution is 7.89. The Labute approximate surface area is 257 Å². The Kier molecular flexibility index (Phi) is 9.18. The monoisotopic (exact) mass is 628 g/mol. The first-order chi connectivity index (χ1) is 20.1. The molecular weight excluding hydrogens is 595 g/mol. The summed E-state index contributed by atoms with van der Waals surface area (Å²) in [4.78, 5) is 18.2. The number of sulfonamides is 1. The van der Waals surface area contributed by atoms with Crippen molar-refractivity contribution in [3.05, 3.63) is 111 Å². The number of hydroxylamine groups is 1. The SMILES string of the molecule is C=C/C=C(\C=C/CC1CC1c1ccc(OCC2=C(C3CC3)ONC2c2c(C)cccc2Cl)cc1Cl)C(=O)NS(C)(=O)=O. The lowest BCUT2D eigenvalue weighted by molar-refractivity contribution is -0.115. The fraction of sp³-hybridized carbons (Fsp3) is 0.344. The maximum Gasteiger partial charge on any atom is 0.264 e. The molecule has 2 fully saturated rings. The maximum absolute atomic E-state index is 12.2. The molecule has 222 valence electrons. The van der Waals surface area contributed by atoms with Gasteiger partial charge in [0, 0.05) is 27.1 Å². The quantitative estimate of drug-likeness (QED) is 0.197. The topological polar surface area (TPSA) is 93.7 Å². The van der Waals surface area contributed by atoms with E-state index in [4.69, 9.17) is 32.8 Å². The second-order valence-corrected chi connectivity index (χ2v) is 13.6. The van der Waals surface area contributed by atoms with Crippen molar-refractivity contribution < 1.29 is 22.8 Å². The van der Waals surface area contributed by atoms with Crippen LogP contribution in [0.3, 0.4) is 0 Å². The second kappa shape index (κ2) is 12.7. The van der Waals surface area contributed by atoms with E-state index in [1.54, 1.807) is 6.08 Å². The summed E-state index contributed by atoms with van der Waals surface area (Å²) in [5, 5.41) is 1.34. The van der Waals surface area contributed by atoms with Gasteiger partial charge in [0.15, 0.2) is 0 Å². The first-order valence-electron chi connectivity index (χ1n) is 13.9. The first kappa shape index (κ1) is 30.4. The van der Waals surface area contributed by atoms with Crippen molar-refractivity contribution in [2.75, 3.05) is 12.9 Å². The predicted octanol–water partition coefficient (Wildman–Crippen LogP) is 6.86. The van der Waals surface area contributed by atoms with E-state index in [2.05, 4.69) is 12.1 Å². The van der Waals surface area contributed by atoms with Gasteiger partial charge in [0.05, 0.1) is 12.3 Å². The van der Waals surface area contributed by atoms with Gasteiger partial charge in [-0.1, -0.05) is 72.3 Å². The van der Waals surface area contributed by atoms with E-state index < -0.39 is 15.9 Å². The van der Waals surface area contributed by atoms with Crippen LogP contribution in [0.1, 0.15) is 54.3 Å². The number of nitrogens with one attached hydrogen (secondary N) is 2. The number of carbonyl (C=O) groups is 1. The van der Waals surface area contributed by atoms with E-state index in [1.165, 1.54) is 12.2 Å². The van der Waals surface area contributed by atoms with Crippen LogP contribution in [-0.2, 0) is 19.7 Å². The molecule has 2 aliphatic carbocycles. The summed E-state index contributed by atoms with van der Waals surface area (Å²) in [6, 6.07) is 11.5. The molecule has 5 rings (SSSR count). The summed E-state index contributed by atoms with van der Waals surface area (Å²) in [7, 11) is -3.65. The minimum atomic E-state index is -3.65. The van der Waals surface area contributed by atoms with Gasteiger partial charge < -0.3 is 9.57 Å². The summed E-state index contributed by atoms with van der Waals surface area (Å²) in [5.74, 6) is 2.04. The van der Waals surface area contributed by atoms with E-state index in [0.29, 0.717) is 40.2 Å². The number of rotatable bonds is 12. The molecule has 2 aromatic rings. The van der Waals surface area contributed by atoms with Crippen LogP contribution >= 0.6 is 23.2 Å². The fourth-order valence-corrected chi connectivity index (χ4v) is 6.47. The van der Waals surface area contributed by atoms with Gasteiger partial charge in [-0.2, -0.15) is 0 Å². The number of carbonyl (C=O) groups excluding carboxylic acids is 1. The average Bonchev–Trinajstić information content (AvgIpc) is 3.85. The minimum Gasteiger partial charge on any atom is -0.489 e. The zero-order valence-electron chi connectivity index (χ0n) is 23.5. The third-order valence-corrected chi connectivity index (χ3v) is 8.93. The van der Waals surface area contributed by atoms with Gasteiger partial charge in [-0.25, -0.2) is 13.1 Å². The molecule has 0 aromatic heterocycles. The highest BCUT2D eigenvalue weighted by Gasteiger charge is 2.40. The van der Waals surface area contributed by atoms with E-state index in [-0.39, 0.29) is 11.6 Å². The molecule has 1 heterocycles. The molecule has 0 saturated heterocycles. The third-order valence-electron chi connectivity index (χ3n) is 7.72. The maximum atomic E-state index is 12.2. The van der Waals surface area contributed by atoms with Crippen molar-refractivity contribution in [1.29, 1.82) is 0 Å². The Morgan fingerprint density at radius 1 is 1.21 bits per heavy atom. The molecule has 7 nitrogen and oxygen atoms in total. The molecule has 10 heteroatoms. The molecular formula is C32H34Cl2N2O5S. The Morgan fingerprint density at radius 2 is 2.00 bits per heavy atom. The van der Waals surface area contributed by atoms with Crippen molar-refractivity contribution in [3.8, 4) is 5.75 Å². The van der Waals surface area contributed by atoms with Gasteiger partial charge in [0.25, 0.3) is 5.91 Å². The van der Waals surface area contributed by atoms with Crippen LogP contribution in [0.15, 0.2) is 84.2 Å². The summed E-state index contributed by atoms with van der Waals surface area (Å²) >= 11 is 13.3. The Bertz CT molecular complexity index is 1570. The van der Waals surface area contributed by atoms with E-state index in [1.807, 2.05) is 54.1 Å². The first-order valence-corrected chi connectivity index (χ1v) is 16.5. The number of amides is 1. The van der Waals surface area contributed by atoms with Crippen LogP contribution in [0.25, 0.3) is 0 Å². The zero-order chi connectivity index (χ0) is 30.0. The molecule has 3 aliphatic rings. The largest absolute Gasteiger partial charge is 0.489 e. The van der Waals surface area contributed by atoms with Gasteiger partial charge in [-0.15, -0.1) is 5.48 Å². The van der Waals surface area contributed by atoms with Gasteiger partial charge in [-0.05, 0) is 79.3 Å². The van der Waals surface area contributed by atoms with E-state index in [9.17, 15) is 13.2 Å². The van der Waals surface area contributed by atoms with Crippen molar-refractivity contribution in [2.45, 2.75) is 44.6 Å². The smallest absolute Gasteiger partial charge is 0.264 e. The number of benzene rings is 2. The Balaban J connectivity index is 1.21. The molecule has 1 amide bonds. The normalized spacial score (nSPS) is 22.3. The number of hydrogen-bond acceptors (Lipinski definition) is 6. The molecule has 3 atom stereocenters. The van der Waals surface area contributed by atoms with Crippen molar-refractivity contribution in [1.82, 2.24) is 10.2 Å². The van der Waals surface area contributed by atoms with Crippen LogP contribution in [0.4, 0.5) is 0 Å². The minimum absolute atomic E-state index is 0.177. The zero-order valence-corrected chi connectivity index (χ0v) is 25.9. The molecule has 42 heavy (non-hydrogen) atoms. The van der Waals surface area contributed by atoms with Gasteiger partial charge in [0.1, 0.15) is 18.1 Å². The standard InChI is InChI=1S/C32H34Cl2N2O5S/c1-4-7-21(32(37)36-42(3,38)39)9-6-10-22-16-25(22)24-15-14-23(17-28(24)34)40-18-26-30(35-41-31(26)20-12-13-20)29-19(2)8-5-11-27(29)33/h4-9,11,14-15,17,20,22,25,30,35H,1,10,12-13,16,18H2,2-3H3,(H,36,37)/b9-6-,21-7+. The average molecular weight is 630 g/mol. The molecule has 2 aromatic carbocycles. The Hall–Kier alpha value is -3.04. The van der Waals surface area contributed by atoms with Gasteiger partial charge in [0.2, 0.25) is 10.0 Å². The number of halogens is 2. The number of allylic oxidation sites excluding steroid dienone is 4. The predicted molar refractivity (Wildman–Crippen MR) is 166 cm³/mol. The van der Waals surface area contributed by atoms with Crippen molar-refractivity contribution >= 4 is 39.1 Å². The third kappa shape index (κ3) is 7.29. The van der Waals surface area contributed by atoms with Crippen LogP contribution in [0, 0.1) is 18.8 Å². The summed E-state index contributed by atoms with van der Waals surface area (Å²) < 4.78 is 31.0. The lowest BCUT2D eigenvalue weighted by atomic mass is 9.94. The molecule has 0 radical (unpaired) electrons. The van der Waals surface area contributed by atoms with Crippen LogP contribution in [0.2, 0.25) is 10.0 Å². The summed E-state index contributed by atoms with van der Waals surface area (Å²) in [5.41, 5.74) is 7.61. The summed E-state index contributed by atoms with van der Waals surface area (Å²) in [6.07, 6.45) is 11.3. The highest BCUT2D eigenvalue weighted by Crippen LogP contribution is 2.52. The number of hydrogen-bond donors (Lipinski definition) is 2. The van der Waals surface area contributed by atoms with Crippen LogP contribution in [-0.4, -0.2) is 27.2 Å². The molecule has 2 N–H and O–H groups in total. The van der Waals surface area contributed by atoms with E-state index in [0.717, 1.165) is 60.0 Å². The highest BCUT2D eigenvalue weighted by atomic mass is 35.5. The fourth-order valence-electron chi connectivity index (χ4n) is 5.37. The van der Waals surface area contributed by atoms with Crippen LogP contribution in [0.5, 0.6) is 5.75 Å². The van der Waals surface area contributed by atoms with Gasteiger partial charge in [-0.3, -0.25) is 4.79 Å². The molecule has 0 bridgehead atoms. The number of aryl methyl sites for hydroxylation is 1. The van der Waals surface area contributed by atoms with Crippen molar-refractivity contribution in [2.24, 2.45) is 11.8 Å². The molecule has 0 spiro atoms. The lowest BCUT2D eigenvalue weighted by Crippen LogP contribution is -2.30. The second-order valence-electron chi connectivity index (χ2n) is 11.1.